The molecule has 2 rings (SSSR count). The number of hydrogen-bond donors (Lipinski definition) is 1. The maximum atomic E-state index is 11.8. The largest absolute Gasteiger partial charge is 0.397 e. The average Bonchev–Trinajstić information content (AvgIpc) is 2.36. The van der Waals surface area contributed by atoms with Gasteiger partial charge in [-0.25, -0.2) is 0 Å². The van der Waals surface area contributed by atoms with E-state index in [0.717, 1.165) is 36.1 Å². The van der Waals surface area contributed by atoms with Gasteiger partial charge >= 0.3 is 0 Å². The van der Waals surface area contributed by atoms with Crippen LogP contribution < -0.4 is 5.73 Å². The first-order valence-corrected chi connectivity index (χ1v) is 7.26. The van der Waals surface area contributed by atoms with E-state index in [9.17, 15) is 10.1 Å². The topological polar surface area (TPSA) is 66.9 Å². The Morgan fingerprint density at radius 1 is 1.33 bits per heavy atom. The van der Waals surface area contributed by atoms with Crippen LogP contribution in [-0.4, -0.2) is 12.0 Å². The van der Waals surface area contributed by atoms with E-state index in [0.29, 0.717) is 16.8 Å². The third kappa shape index (κ3) is 1.89. The van der Waals surface area contributed by atoms with Gasteiger partial charge in [0.1, 0.15) is 6.07 Å². The molecule has 1 aliphatic rings. The number of nitrogens with zero attached hydrogens (tertiary/aromatic N) is 1. The predicted octanol–water partition coefficient (Wildman–Crippen LogP) is 2.94. The summed E-state index contributed by atoms with van der Waals surface area (Å²) in [6, 6.07) is 2.18. The van der Waals surface area contributed by atoms with Crippen LogP contribution in [0.5, 0.6) is 0 Å². The van der Waals surface area contributed by atoms with Crippen LogP contribution in [0.3, 0.4) is 0 Å². The standard InChI is InChI=1S/C14H16N2OS/c1-8(17)12-13(16)11(7-15)9-5-3-4-6-10(9)14(12)18-2/h3-6,16H2,1-2H3. The molecule has 0 unspecified atom stereocenters. The zero-order valence-electron chi connectivity index (χ0n) is 10.7. The van der Waals surface area contributed by atoms with Gasteiger partial charge in [-0.2, -0.15) is 5.26 Å². The summed E-state index contributed by atoms with van der Waals surface area (Å²) >= 11 is 1.56. The second kappa shape index (κ2) is 5.03. The fraction of sp³-hybridized carbons (Fsp3) is 0.429. The second-order valence-electron chi connectivity index (χ2n) is 4.53. The molecule has 2 N–H and O–H groups in total. The molecule has 0 heterocycles. The molecule has 3 nitrogen and oxygen atoms in total. The molecular weight excluding hydrogens is 244 g/mol. The molecule has 0 saturated heterocycles. The van der Waals surface area contributed by atoms with Crippen LogP contribution >= 0.6 is 11.8 Å². The lowest BCUT2D eigenvalue weighted by Gasteiger charge is -2.23. The van der Waals surface area contributed by atoms with Crippen molar-refractivity contribution < 1.29 is 4.79 Å². The van der Waals surface area contributed by atoms with Gasteiger partial charge in [-0.15, -0.1) is 11.8 Å². The van der Waals surface area contributed by atoms with Gasteiger partial charge in [-0.05, 0) is 50.0 Å². The van der Waals surface area contributed by atoms with E-state index in [1.54, 1.807) is 11.8 Å². The van der Waals surface area contributed by atoms with Crippen molar-refractivity contribution in [2.24, 2.45) is 0 Å². The summed E-state index contributed by atoms with van der Waals surface area (Å²) in [5.41, 5.74) is 9.71. The number of nitrogens with two attached hydrogens (primary N) is 1. The Labute approximate surface area is 111 Å². The SMILES string of the molecule is CSc1c2c(c(C#N)c(N)c1C(C)=O)CCCC2. The van der Waals surface area contributed by atoms with Crippen molar-refractivity contribution in [2.75, 3.05) is 12.0 Å². The minimum atomic E-state index is -0.0540. The number of thioether (sulfide) groups is 1. The van der Waals surface area contributed by atoms with Gasteiger partial charge in [0.05, 0.1) is 16.8 Å². The minimum Gasteiger partial charge on any atom is -0.397 e. The van der Waals surface area contributed by atoms with Crippen molar-refractivity contribution in [3.8, 4) is 6.07 Å². The molecular formula is C14H16N2OS. The van der Waals surface area contributed by atoms with Crippen molar-refractivity contribution in [1.29, 1.82) is 5.26 Å². The molecule has 0 saturated carbocycles. The molecule has 0 radical (unpaired) electrons. The lowest BCUT2D eigenvalue weighted by atomic mass is 9.85. The minimum absolute atomic E-state index is 0.0540. The van der Waals surface area contributed by atoms with Gasteiger partial charge in [0.2, 0.25) is 0 Å². The molecule has 0 amide bonds. The highest BCUT2D eigenvalue weighted by Crippen LogP contribution is 2.39. The first kappa shape index (κ1) is 13.0. The van der Waals surface area contributed by atoms with Crippen LogP contribution in [0.4, 0.5) is 5.69 Å². The van der Waals surface area contributed by atoms with Crippen molar-refractivity contribution >= 4 is 23.2 Å². The van der Waals surface area contributed by atoms with Gasteiger partial charge in [0.25, 0.3) is 0 Å². The smallest absolute Gasteiger partial charge is 0.163 e. The Bertz CT molecular complexity index is 558. The van der Waals surface area contributed by atoms with E-state index in [1.165, 1.54) is 12.5 Å². The van der Waals surface area contributed by atoms with Crippen LogP contribution in [-0.2, 0) is 12.8 Å². The highest BCUT2D eigenvalue weighted by Gasteiger charge is 2.25. The van der Waals surface area contributed by atoms with Crippen molar-refractivity contribution in [3.63, 3.8) is 0 Å². The number of carbonyl (C=O) groups excluding carboxylic acids is 1. The van der Waals surface area contributed by atoms with Crippen molar-refractivity contribution in [2.45, 2.75) is 37.5 Å². The lowest BCUT2D eigenvalue weighted by molar-refractivity contribution is 0.101. The summed E-state index contributed by atoms with van der Waals surface area (Å²) in [6.07, 6.45) is 6.01. The zero-order valence-corrected chi connectivity index (χ0v) is 11.5. The second-order valence-corrected chi connectivity index (χ2v) is 5.35. The Morgan fingerprint density at radius 3 is 2.44 bits per heavy atom. The fourth-order valence-corrected chi connectivity index (χ4v) is 3.62. The summed E-state index contributed by atoms with van der Waals surface area (Å²) in [4.78, 5) is 12.8. The maximum absolute atomic E-state index is 11.8. The zero-order chi connectivity index (χ0) is 13.3. The van der Waals surface area contributed by atoms with E-state index in [1.807, 2.05) is 6.26 Å². The molecule has 1 aliphatic carbocycles. The predicted molar refractivity (Wildman–Crippen MR) is 74.0 cm³/mol. The molecule has 0 fully saturated rings. The Balaban J connectivity index is 2.84. The lowest BCUT2D eigenvalue weighted by Crippen LogP contribution is -2.14. The normalized spacial score (nSPS) is 13.8. The van der Waals surface area contributed by atoms with E-state index in [2.05, 4.69) is 6.07 Å². The number of benzene rings is 1. The van der Waals surface area contributed by atoms with Crippen LogP contribution in [0.2, 0.25) is 0 Å². The van der Waals surface area contributed by atoms with Gasteiger partial charge in [-0.3, -0.25) is 4.79 Å². The molecule has 0 aromatic heterocycles. The number of ketones is 1. The summed E-state index contributed by atoms with van der Waals surface area (Å²) in [5.74, 6) is -0.0540. The number of carbonyl (C=O) groups is 1. The first-order chi connectivity index (χ1) is 8.61. The number of rotatable bonds is 2. The van der Waals surface area contributed by atoms with Crippen molar-refractivity contribution in [1.82, 2.24) is 0 Å². The third-order valence-corrected chi connectivity index (χ3v) is 4.34. The van der Waals surface area contributed by atoms with Crippen LogP contribution in [0.25, 0.3) is 0 Å². The number of hydrogen-bond acceptors (Lipinski definition) is 4. The maximum Gasteiger partial charge on any atom is 0.163 e. The fourth-order valence-electron chi connectivity index (χ4n) is 2.70. The molecule has 4 heteroatoms. The molecule has 1 aromatic carbocycles. The van der Waals surface area contributed by atoms with Gasteiger partial charge in [-0.1, -0.05) is 0 Å². The van der Waals surface area contributed by atoms with Crippen molar-refractivity contribution in [3.05, 3.63) is 22.3 Å². The molecule has 18 heavy (non-hydrogen) atoms. The summed E-state index contributed by atoms with van der Waals surface area (Å²) in [5, 5.41) is 9.30. The summed E-state index contributed by atoms with van der Waals surface area (Å²) < 4.78 is 0. The number of nitriles is 1. The average molecular weight is 260 g/mol. The van der Waals surface area contributed by atoms with Gasteiger partial charge < -0.3 is 5.73 Å². The highest BCUT2D eigenvalue weighted by atomic mass is 32.2. The Kier molecular flexibility index (Phi) is 3.63. The van der Waals surface area contributed by atoms with Crippen LogP contribution in [0, 0.1) is 11.3 Å². The van der Waals surface area contributed by atoms with Gasteiger partial charge in [0.15, 0.2) is 5.78 Å². The Hall–Kier alpha value is -1.47. The van der Waals surface area contributed by atoms with E-state index in [4.69, 9.17) is 5.73 Å². The molecule has 0 spiro atoms. The van der Waals surface area contributed by atoms with Gasteiger partial charge in [0, 0.05) is 4.90 Å². The summed E-state index contributed by atoms with van der Waals surface area (Å²) in [6.45, 7) is 1.52. The van der Waals surface area contributed by atoms with E-state index in [-0.39, 0.29) is 5.78 Å². The highest BCUT2D eigenvalue weighted by molar-refractivity contribution is 7.98. The van der Waals surface area contributed by atoms with E-state index >= 15 is 0 Å². The number of Topliss-reactive ketones (excluding diaryl/α,β-unsaturated/α-hetero) is 1. The first-order valence-electron chi connectivity index (χ1n) is 6.04. The number of anilines is 1. The molecule has 1 aromatic rings. The summed E-state index contributed by atoms with van der Waals surface area (Å²) in [7, 11) is 0. The van der Waals surface area contributed by atoms with Crippen LogP contribution in [0.1, 0.15) is 46.8 Å². The van der Waals surface area contributed by atoms with E-state index < -0.39 is 0 Å². The number of fused-ring (bicyclic) bond motifs is 1. The molecule has 0 atom stereocenters. The molecule has 94 valence electrons. The molecule has 0 aliphatic heterocycles. The monoisotopic (exact) mass is 260 g/mol. The van der Waals surface area contributed by atoms with Crippen LogP contribution in [0.15, 0.2) is 4.90 Å². The Morgan fingerprint density at radius 2 is 1.94 bits per heavy atom. The number of nitrogen functional groups attached to an aromatic ring is 1. The quantitative estimate of drug-likeness (QED) is 0.504. The molecule has 0 bridgehead atoms. The third-order valence-electron chi connectivity index (χ3n) is 3.48.